The molecule has 8 heteroatoms. The van der Waals surface area contributed by atoms with Crippen molar-refractivity contribution in [3.8, 4) is 0 Å². The quantitative estimate of drug-likeness (QED) is 0.906. The van der Waals surface area contributed by atoms with Crippen LogP contribution in [-0.4, -0.2) is 68.6 Å². The van der Waals surface area contributed by atoms with Crippen molar-refractivity contribution < 1.29 is 14.0 Å². The Bertz CT molecular complexity index is 870. The van der Waals surface area contributed by atoms with Crippen LogP contribution in [0.2, 0.25) is 0 Å². The molecule has 140 valence electrons. The van der Waals surface area contributed by atoms with E-state index in [1.807, 2.05) is 13.8 Å². The number of halogens is 1. The monoisotopic (exact) mass is 361 g/mol. The van der Waals surface area contributed by atoms with Gasteiger partial charge < -0.3 is 9.80 Å². The largest absolute Gasteiger partial charge is 0.338 e. The van der Waals surface area contributed by atoms with Gasteiger partial charge in [0, 0.05) is 31.5 Å². The zero-order valence-electron chi connectivity index (χ0n) is 15.8. The molecule has 26 heavy (non-hydrogen) atoms. The molecular formula is C18H24FN5O2. The Morgan fingerprint density at radius 2 is 2.08 bits per heavy atom. The average molecular weight is 361 g/mol. The van der Waals surface area contributed by atoms with Gasteiger partial charge in [-0.15, -0.1) is 0 Å². The summed E-state index contributed by atoms with van der Waals surface area (Å²) in [5, 5.41) is 7.72. The van der Waals surface area contributed by atoms with Gasteiger partial charge in [-0.2, -0.15) is 5.10 Å². The van der Waals surface area contributed by atoms with E-state index in [-0.39, 0.29) is 11.9 Å². The molecule has 0 radical (unpaired) electrons. The lowest BCUT2D eigenvalue weighted by Crippen LogP contribution is -2.44. The summed E-state index contributed by atoms with van der Waals surface area (Å²) < 4.78 is 13.9. The van der Waals surface area contributed by atoms with Crippen molar-refractivity contribution in [2.45, 2.75) is 45.8 Å². The van der Waals surface area contributed by atoms with Crippen LogP contribution < -0.4 is 0 Å². The normalized spacial score (nSPS) is 17.8. The van der Waals surface area contributed by atoms with Crippen LogP contribution in [0.5, 0.6) is 0 Å². The van der Waals surface area contributed by atoms with E-state index in [0.29, 0.717) is 41.8 Å². The number of aromatic nitrogens is 3. The number of fused-ring (bicyclic) bond motifs is 1. The summed E-state index contributed by atoms with van der Waals surface area (Å²) in [4.78, 5) is 32.7. The van der Waals surface area contributed by atoms with E-state index >= 15 is 0 Å². The minimum absolute atomic E-state index is 0.149. The maximum atomic E-state index is 13.9. The number of alkyl halides is 1. The maximum absolute atomic E-state index is 13.9. The predicted octanol–water partition coefficient (Wildman–Crippen LogP) is 2.00. The molecule has 1 aliphatic heterocycles. The topological polar surface area (TPSA) is 82.2 Å². The summed E-state index contributed by atoms with van der Waals surface area (Å²) in [5.74, 6) is -0.683. The van der Waals surface area contributed by atoms with Gasteiger partial charge in [0.25, 0.3) is 11.8 Å². The maximum Gasteiger partial charge on any atom is 0.259 e. The number of amides is 2. The number of rotatable bonds is 3. The molecule has 1 saturated heterocycles. The average Bonchev–Trinajstić information content (AvgIpc) is 3.18. The van der Waals surface area contributed by atoms with E-state index in [9.17, 15) is 14.0 Å². The number of carbonyl (C=O) groups is 2. The molecule has 1 unspecified atom stereocenters. The summed E-state index contributed by atoms with van der Waals surface area (Å²) in [6, 6.07) is 1.61. The second kappa shape index (κ2) is 6.34. The van der Waals surface area contributed by atoms with E-state index < -0.39 is 11.6 Å². The predicted molar refractivity (Wildman–Crippen MR) is 95.6 cm³/mol. The standard InChI is InChI=1S/C18H24FN5O2/c1-10-8-13(14-11(2)21-22-15(14)20-10)16(25)23(5)12-6-7-24(9-12)17(26)18(3,4)19/h8,12H,6-7,9H2,1-5H3,(H,20,21,22). The summed E-state index contributed by atoms with van der Waals surface area (Å²) in [6.07, 6.45) is 0.627. The van der Waals surface area contributed by atoms with Gasteiger partial charge in [-0.05, 0) is 40.2 Å². The van der Waals surface area contributed by atoms with E-state index in [2.05, 4.69) is 15.2 Å². The first-order valence-electron chi connectivity index (χ1n) is 8.67. The first kappa shape index (κ1) is 18.3. The lowest BCUT2D eigenvalue weighted by molar-refractivity contribution is -0.140. The van der Waals surface area contributed by atoms with Crippen LogP contribution in [0.4, 0.5) is 4.39 Å². The number of pyridine rings is 1. The Morgan fingerprint density at radius 1 is 1.38 bits per heavy atom. The fourth-order valence-corrected chi connectivity index (χ4v) is 3.44. The highest BCUT2D eigenvalue weighted by molar-refractivity contribution is 6.06. The van der Waals surface area contributed by atoms with Crippen LogP contribution in [0.1, 0.15) is 42.0 Å². The Hall–Kier alpha value is -2.51. The molecule has 1 aliphatic rings. The van der Waals surface area contributed by atoms with Crippen LogP contribution in [0.15, 0.2) is 6.07 Å². The molecule has 1 atom stereocenters. The molecule has 1 fully saturated rings. The van der Waals surface area contributed by atoms with Crippen LogP contribution in [0, 0.1) is 13.8 Å². The smallest absolute Gasteiger partial charge is 0.259 e. The molecule has 2 aromatic heterocycles. The SMILES string of the molecule is Cc1cc(C(=O)N(C)C2CCN(C(=O)C(C)(C)F)C2)c2c(C)[nH]nc2n1. The molecule has 7 nitrogen and oxygen atoms in total. The van der Waals surface area contributed by atoms with Crippen molar-refractivity contribution in [1.29, 1.82) is 0 Å². The number of nitrogens with one attached hydrogen (secondary N) is 1. The lowest BCUT2D eigenvalue weighted by atomic mass is 10.1. The van der Waals surface area contributed by atoms with Gasteiger partial charge in [0.05, 0.1) is 17.0 Å². The second-order valence-electron chi connectivity index (χ2n) is 7.44. The van der Waals surface area contributed by atoms with Crippen LogP contribution in [0.3, 0.4) is 0 Å². The molecule has 3 rings (SSSR count). The summed E-state index contributed by atoms with van der Waals surface area (Å²) in [7, 11) is 1.72. The number of H-pyrrole nitrogens is 1. The third kappa shape index (κ3) is 3.15. The van der Waals surface area contributed by atoms with Crippen LogP contribution >= 0.6 is 0 Å². The lowest BCUT2D eigenvalue weighted by Gasteiger charge is -2.27. The van der Waals surface area contributed by atoms with Crippen LogP contribution in [-0.2, 0) is 4.79 Å². The van der Waals surface area contributed by atoms with Gasteiger partial charge in [0.15, 0.2) is 11.3 Å². The molecule has 0 saturated carbocycles. The Kier molecular flexibility index (Phi) is 4.46. The number of aromatic amines is 1. The summed E-state index contributed by atoms with van der Waals surface area (Å²) >= 11 is 0. The van der Waals surface area contributed by atoms with Gasteiger partial charge in [0.2, 0.25) is 0 Å². The highest BCUT2D eigenvalue weighted by Gasteiger charge is 2.38. The van der Waals surface area contributed by atoms with Crippen molar-refractivity contribution in [2.24, 2.45) is 0 Å². The van der Waals surface area contributed by atoms with Crippen molar-refractivity contribution in [1.82, 2.24) is 25.0 Å². The third-order valence-electron chi connectivity index (χ3n) is 4.89. The second-order valence-corrected chi connectivity index (χ2v) is 7.44. The third-order valence-corrected chi connectivity index (χ3v) is 4.89. The fourth-order valence-electron chi connectivity index (χ4n) is 3.44. The molecule has 3 heterocycles. The molecule has 2 aromatic rings. The van der Waals surface area contributed by atoms with Crippen molar-refractivity contribution >= 4 is 22.8 Å². The van der Waals surface area contributed by atoms with Crippen molar-refractivity contribution in [3.63, 3.8) is 0 Å². The van der Waals surface area contributed by atoms with E-state index in [1.54, 1.807) is 18.0 Å². The first-order valence-corrected chi connectivity index (χ1v) is 8.67. The summed E-state index contributed by atoms with van der Waals surface area (Å²) in [6.45, 7) is 6.98. The summed E-state index contributed by atoms with van der Waals surface area (Å²) in [5.41, 5.74) is 0.646. The number of carbonyl (C=O) groups excluding carboxylic acids is 2. The van der Waals surface area contributed by atoms with Gasteiger partial charge >= 0.3 is 0 Å². The van der Waals surface area contributed by atoms with Gasteiger partial charge in [0.1, 0.15) is 0 Å². The molecule has 2 amide bonds. The van der Waals surface area contributed by atoms with E-state index in [4.69, 9.17) is 0 Å². The Labute approximate surface area is 151 Å². The first-order chi connectivity index (χ1) is 12.1. The zero-order chi connectivity index (χ0) is 19.2. The van der Waals surface area contributed by atoms with Crippen LogP contribution in [0.25, 0.3) is 11.0 Å². The minimum Gasteiger partial charge on any atom is -0.338 e. The number of likely N-dealkylation sites (tertiary alicyclic amines) is 1. The molecular weight excluding hydrogens is 337 g/mol. The van der Waals surface area contributed by atoms with Crippen molar-refractivity contribution in [3.05, 3.63) is 23.0 Å². The highest BCUT2D eigenvalue weighted by atomic mass is 19.1. The number of hydrogen-bond acceptors (Lipinski definition) is 4. The van der Waals surface area contributed by atoms with Gasteiger partial charge in [-0.1, -0.05) is 0 Å². The molecule has 0 aliphatic carbocycles. The molecule has 0 bridgehead atoms. The van der Waals surface area contributed by atoms with E-state index in [0.717, 1.165) is 5.69 Å². The Morgan fingerprint density at radius 3 is 2.73 bits per heavy atom. The zero-order valence-corrected chi connectivity index (χ0v) is 15.8. The van der Waals surface area contributed by atoms with Gasteiger partial charge in [-0.3, -0.25) is 14.7 Å². The highest BCUT2D eigenvalue weighted by Crippen LogP contribution is 2.25. The molecule has 0 spiro atoms. The van der Waals surface area contributed by atoms with E-state index in [1.165, 1.54) is 18.7 Å². The number of nitrogens with zero attached hydrogens (tertiary/aromatic N) is 4. The van der Waals surface area contributed by atoms with Crippen molar-refractivity contribution in [2.75, 3.05) is 20.1 Å². The molecule has 0 aromatic carbocycles. The fraction of sp³-hybridized carbons (Fsp3) is 0.556. The molecule has 1 N–H and O–H groups in total. The minimum atomic E-state index is -1.90. The Balaban J connectivity index is 1.84. The number of likely N-dealkylation sites (N-methyl/N-ethyl adjacent to an activating group) is 1. The number of aryl methyl sites for hydroxylation is 2. The number of hydrogen-bond donors (Lipinski definition) is 1. The van der Waals surface area contributed by atoms with Gasteiger partial charge in [-0.25, -0.2) is 9.37 Å².